The number of hydrogen-bond acceptors (Lipinski definition) is 4. The number of anilines is 1. The summed E-state index contributed by atoms with van der Waals surface area (Å²) in [7, 11) is -1.48. The number of benzene rings is 1. The number of allylic oxidation sites excluding steroid dienone is 7. The summed E-state index contributed by atoms with van der Waals surface area (Å²) in [6, 6.07) is 12.9. The highest BCUT2D eigenvalue weighted by Crippen LogP contribution is 2.23. The van der Waals surface area contributed by atoms with Crippen molar-refractivity contribution in [3.8, 4) is 5.69 Å². The van der Waals surface area contributed by atoms with Crippen LogP contribution in [0.4, 0.5) is 5.82 Å². The highest BCUT2D eigenvalue weighted by Gasteiger charge is 2.12. The summed E-state index contributed by atoms with van der Waals surface area (Å²) in [6.07, 6.45) is 16.6. The van der Waals surface area contributed by atoms with Gasteiger partial charge in [-0.1, -0.05) is 67.3 Å². The number of nitrogens with zero attached hydrogens (tertiary/aromatic N) is 2. The predicted octanol–water partition coefficient (Wildman–Crippen LogP) is 6.46. The second kappa shape index (κ2) is 14.7. The number of nitrogens with one attached hydrogen (secondary N) is 1. The maximum absolute atomic E-state index is 12.6. The molecule has 0 bridgehead atoms. The Hall–Kier alpha value is -3.42. The Bertz CT molecular complexity index is 1290. The van der Waals surface area contributed by atoms with Gasteiger partial charge in [0.2, 0.25) is 0 Å². The third-order valence-corrected chi connectivity index (χ3v) is 5.58. The third-order valence-electron chi connectivity index (χ3n) is 4.33. The highest BCUT2D eigenvalue weighted by atomic mass is 32.2. The average molecular weight is 492 g/mol. The number of fused-ring (bicyclic) bond motifs is 1. The molecule has 176 valence electrons. The minimum atomic E-state index is -1.48. The van der Waals surface area contributed by atoms with Crippen LogP contribution in [0.2, 0.25) is 0 Å². The van der Waals surface area contributed by atoms with Crippen molar-refractivity contribution < 1.29 is 4.21 Å². The molecule has 0 aliphatic carbocycles. The first-order valence-corrected chi connectivity index (χ1v) is 13.0. The Balaban J connectivity index is 0.000000509. The molecule has 3 aromatic rings. The zero-order valence-electron chi connectivity index (χ0n) is 19.5. The van der Waals surface area contributed by atoms with Crippen LogP contribution in [0.5, 0.6) is 0 Å². The van der Waals surface area contributed by atoms with Crippen molar-refractivity contribution in [2.45, 2.75) is 13.8 Å². The number of para-hydroxylation sites is 1. The molecule has 5 nitrogen and oxygen atoms in total. The van der Waals surface area contributed by atoms with Gasteiger partial charge in [0.25, 0.3) is 0 Å². The summed E-state index contributed by atoms with van der Waals surface area (Å²) < 4.78 is 17.2. The molecule has 1 aromatic carbocycles. The molecule has 1 atom stereocenters. The third kappa shape index (κ3) is 8.17. The van der Waals surface area contributed by atoms with E-state index in [2.05, 4.69) is 16.3 Å². The Morgan fingerprint density at radius 2 is 1.85 bits per heavy atom. The summed E-state index contributed by atoms with van der Waals surface area (Å²) in [6.45, 7) is 7.36. The number of aryl methyl sites for hydroxylation is 1. The van der Waals surface area contributed by atoms with Crippen LogP contribution in [0.15, 0.2) is 113 Å². The molecule has 2 heterocycles. The van der Waals surface area contributed by atoms with Crippen LogP contribution in [-0.4, -0.2) is 20.0 Å². The zero-order valence-corrected chi connectivity index (χ0v) is 21.2. The van der Waals surface area contributed by atoms with Crippen LogP contribution in [0.25, 0.3) is 16.6 Å². The van der Waals surface area contributed by atoms with Crippen molar-refractivity contribution in [3.05, 3.63) is 125 Å². The first kappa shape index (κ1) is 26.8. The van der Waals surface area contributed by atoms with Gasteiger partial charge in [0.15, 0.2) is 5.43 Å². The molecule has 1 unspecified atom stereocenters. The van der Waals surface area contributed by atoms with Gasteiger partial charge in [0, 0.05) is 29.1 Å². The van der Waals surface area contributed by atoms with E-state index in [4.69, 9.17) is 0 Å². The molecule has 3 rings (SSSR count). The van der Waals surface area contributed by atoms with E-state index in [9.17, 15) is 9.00 Å². The summed E-state index contributed by atoms with van der Waals surface area (Å²) in [4.78, 5) is 16.8. The van der Waals surface area contributed by atoms with Crippen molar-refractivity contribution in [1.29, 1.82) is 0 Å². The molecule has 1 N–H and O–H groups in total. The van der Waals surface area contributed by atoms with E-state index in [0.29, 0.717) is 16.7 Å². The predicted molar refractivity (Wildman–Crippen MR) is 150 cm³/mol. The number of thioether (sulfide) groups is 1. The molecular weight excluding hydrogens is 462 g/mol. The van der Waals surface area contributed by atoms with Crippen LogP contribution in [0.3, 0.4) is 0 Å². The van der Waals surface area contributed by atoms with Gasteiger partial charge in [-0.05, 0) is 43.7 Å². The number of rotatable bonds is 8. The van der Waals surface area contributed by atoms with Gasteiger partial charge in [0.05, 0.1) is 10.9 Å². The van der Waals surface area contributed by atoms with E-state index in [1.165, 1.54) is 11.5 Å². The molecule has 0 amide bonds. The van der Waals surface area contributed by atoms with E-state index >= 15 is 0 Å². The van der Waals surface area contributed by atoms with E-state index in [1.54, 1.807) is 30.1 Å². The Labute approximate surface area is 207 Å². The molecule has 2 aromatic heterocycles. The van der Waals surface area contributed by atoms with Crippen molar-refractivity contribution in [2.24, 2.45) is 0 Å². The van der Waals surface area contributed by atoms with E-state index in [0.717, 1.165) is 11.4 Å². The minimum Gasteiger partial charge on any atom is -0.295 e. The van der Waals surface area contributed by atoms with Gasteiger partial charge in [-0.3, -0.25) is 19.1 Å². The lowest BCUT2D eigenvalue weighted by molar-refractivity contribution is 0.691. The first-order valence-electron chi connectivity index (χ1n) is 10.5. The number of hydrogen-bond donors (Lipinski definition) is 1. The lowest BCUT2D eigenvalue weighted by atomic mass is 10.2. The fraction of sp³-hybridized carbons (Fsp3) is 0.111. The SMILES string of the molecule is C=C/C=C\C=C/C.CS/C=C\C=C\S(=O)Nc1cc(=O)c2cnc(C)cc2n1-c1ccccc1. The maximum atomic E-state index is 12.6. The molecule has 7 heteroatoms. The zero-order chi connectivity index (χ0) is 24.8. The summed E-state index contributed by atoms with van der Waals surface area (Å²) in [5, 5.41) is 3.94. The Morgan fingerprint density at radius 1 is 1.09 bits per heavy atom. The summed E-state index contributed by atoms with van der Waals surface area (Å²) >= 11 is 1.56. The van der Waals surface area contributed by atoms with Crippen LogP contribution < -0.4 is 10.2 Å². The fourth-order valence-electron chi connectivity index (χ4n) is 2.88. The summed E-state index contributed by atoms with van der Waals surface area (Å²) in [5.74, 6) is 0.459. The van der Waals surface area contributed by atoms with E-state index < -0.39 is 11.0 Å². The normalized spacial score (nSPS) is 12.4. The highest BCUT2D eigenvalue weighted by molar-refractivity contribution is 8.01. The first-order chi connectivity index (χ1) is 16.5. The van der Waals surface area contributed by atoms with Gasteiger partial charge in [-0.25, -0.2) is 4.21 Å². The Kier molecular flexibility index (Phi) is 11.6. The molecule has 0 radical (unpaired) electrons. The molecule has 34 heavy (non-hydrogen) atoms. The minimum absolute atomic E-state index is 0.171. The van der Waals surface area contributed by atoms with Crippen molar-refractivity contribution in [1.82, 2.24) is 9.55 Å². The van der Waals surface area contributed by atoms with E-state index in [-0.39, 0.29) is 5.43 Å². The average Bonchev–Trinajstić information content (AvgIpc) is 2.83. The van der Waals surface area contributed by atoms with Gasteiger partial charge in [-0.15, -0.1) is 11.8 Å². The molecule has 0 fully saturated rings. The number of aromatic nitrogens is 2. The lowest BCUT2D eigenvalue weighted by Gasteiger charge is -2.17. The topological polar surface area (TPSA) is 64.0 Å². The molecule has 0 saturated carbocycles. The number of pyridine rings is 2. The fourth-order valence-corrected chi connectivity index (χ4v) is 3.78. The van der Waals surface area contributed by atoms with Crippen LogP contribution in [-0.2, 0) is 11.0 Å². The smallest absolute Gasteiger partial charge is 0.193 e. The van der Waals surface area contributed by atoms with Gasteiger partial charge in [0.1, 0.15) is 16.8 Å². The van der Waals surface area contributed by atoms with Crippen LogP contribution in [0, 0.1) is 6.92 Å². The maximum Gasteiger partial charge on any atom is 0.193 e. The monoisotopic (exact) mass is 491 g/mol. The van der Waals surface area contributed by atoms with E-state index in [1.807, 2.05) is 96.9 Å². The van der Waals surface area contributed by atoms with Gasteiger partial charge in [-0.2, -0.15) is 0 Å². The lowest BCUT2D eigenvalue weighted by Crippen LogP contribution is -2.15. The second-order valence-electron chi connectivity index (χ2n) is 6.85. The largest absolute Gasteiger partial charge is 0.295 e. The second-order valence-corrected chi connectivity index (χ2v) is 8.66. The molecule has 0 saturated heterocycles. The molecular formula is C27H29N3O2S2. The summed E-state index contributed by atoms with van der Waals surface area (Å²) in [5.41, 5.74) is 2.20. The van der Waals surface area contributed by atoms with Crippen molar-refractivity contribution >= 4 is 39.5 Å². The van der Waals surface area contributed by atoms with Crippen molar-refractivity contribution in [3.63, 3.8) is 0 Å². The quantitative estimate of drug-likeness (QED) is 0.367. The van der Waals surface area contributed by atoms with Crippen LogP contribution >= 0.6 is 11.8 Å². The Morgan fingerprint density at radius 3 is 2.53 bits per heavy atom. The van der Waals surface area contributed by atoms with Gasteiger partial charge >= 0.3 is 0 Å². The van der Waals surface area contributed by atoms with Crippen LogP contribution in [0.1, 0.15) is 12.6 Å². The van der Waals surface area contributed by atoms with Crippen molar-refractivity contribution in [2.75, 3.05) is 11.0 Å². The molecule has 0 aliphatic rings. The molecule has 0 spiro atoms. The van der Waals surface area contributed by atoms with Gasteiger partial charge < -0.3 is 0 Å². The standard InChI is InChI=1S/C20H19N3O2S2.C7H10/c1-15-12-18-17(14-21-15)19(24)13-20(22-27(25)11-7-6-10-26-2)23(18)16-8-4-3-5-9-16;1-3-5-7-6-4-2/h3-14,22H,1-2H3;3-7H,1H2,2H3/b10-6-,11-7+;6-4-,7-5-. The molecule has 0 aliphatic heterocycles.